The van der Waals surface area contributed by atoms with Gasteiger partial charge in [-0.15, -0.1) is 0 Å². The number of carbonyl (C=O) groups is 1. The lowest BCUT2D eigenvalue weighted by Gasteiger charge is -2.10. The van der Waals surface area contributed by atoms with Gasteiger partial charge in [-0.3, -0.25) is 4.79 Å². The summed E-state index contributed by atoms with van der Waals surface area (Å²) in [5, 5.41) is 4.20. The highest BCUT2D eigenvalue weighted by Crippen LogP contribution is 2.27. The molecule has 0 radical (unpaired) electrons. The quantitative estimate of drug-likeness (QED) is 0.437. The Morgan fingerprint density at radius 3 is 2.69 bits per heavy atom. The Kier molecular flexibility index (Phi) is 5.16. The number of H-pyrrole nitrogens is 2. The van der Waals surface area contributed by atoms with E-state index in [1.165, 1.54) is 12.7 Å². The van der Waals surface area contributed by atoms with Crippen LogP contribution in [0, 0.1) is 0 Å². The Morgan fingerprint density at radius 2 is 1.90 bits per heavy atom. The molecule has 0 amide bonds. The molecule has 6 nitrogen and oxygen atoms in total. The summed E-state index contributed by atoms with van der Waals surface area (Å²) in [7, 11) is 1.35. The molecular weight excluding hydrogens is 366 g/mol. The first-order valence-corrected chi connectivity index (χ1v) is 9.36. The number of nitrogens with one attached hydrogen (secondary N) is 3. The van der Waals surface area contributed by atoms with Gasteiger partial charge in [-0.1, -0.05) is 30.3 Å². The van der Waals surface area contributed by atoms with E-state index in [4.69, 9.17) is 4.74 Å². The summed E-state index contributed by atoms with van der Waals surface area (Å²) < 4.78 is 4.78. The van der Waals surface area contributed by atoms with Gasteiger partial charge in [0.25, 0.3) is 5.56 Å². The van der Waals surface area contributed by atoms with E-state index in [-0.39, 0.29) is 5.56 Å². The highest BCUT2D eigenvalue weighted by molar-refractivity contribution is 5.96. The van der Waals surface area contributed by atoms with Gasteiger partial charge in [-0.25, -0.2) is 4.79 Å². The van der Waals surface area contributed by atoms with Gasteiger partial charge >= 0.3 is 5.97 Å². The second-order valence-corrected chi connectivity index (χ2v) is 6.73. The van der Waals surface area contributed by atoms with Gasteiger partial charge in [0.15, 0.2) is 0 Å². The number of pyridine rings is 1. The molecule has 0 saturated heterocycles. The molecule has 0 aliphatic heterocycles. The molecule has 0 fully saturated rings. The van der Waals surface area contributed by atoms with Crippen LogP contribution in [0.4, 0.5) is 5.69 Å². The number of aromatic amines is 2. The van der Waals surface area contributed by atoms with Crippen LogP contribution < -0.4 is 10.9 Å². The molecule has 2 heterocycles. The topological polar surface area (TPSA) is 87.0 Å². The Bertz CT molecular complexity index is 1210. The molecule has 0 atom stereocenters. The van der Waals surface area contributed by atoms with Crippen LogP contribution in [-0.2, 0) is 11.2 Å². The maximum Gasteiger partial charge on any atom is 0.337 e. The van der Waals surface area contributed by atoms with Crippen LogP contribution in [0.3, 0.4) is 0 Å². The molecule has 0 aliphatic carbocycles. The van der Waals surface area contributed by atoms with Crippen LogP contribution >= 0.6 is 0 Å². The van der Waals surface area contributed by atoms with Gasteiger partial charge in [0.05, 0.1) is 29.6 Å². The van der Waals surface area contributed by atoms with Crippen molar-refractivity contribution in [2.45, 2.75) is 6.42 Å². The fourth-order valence-corrected chi connectivity index (χ4v) is 3.39. The van der Waals surface area contributed by atoms with E-state index in [0.29, 0.717) is 23.4 Å². The van der Waals surface area contributed by atoms with E-state index >= 15 is 0 Å². The SMILES string of the molecule is COC(=O)c1ccc2[nH]c(-c3c(NCCc4ccccc4)cc[nH]c3=O)cc2c1. The number of methoxy groups -OCH3 is 1. The minimum Gasteiger partial charge on any atom is -0.465 e. The van der Waals surface area contributed by atoms with Crippen LogP contribution in [0.25, 0.3) is 22.2 Å². The summed E-state index contributed by atoms with van der Waals surface area (Å²) in [5.74, 6) is -0.393. The maximum atomic E-state index is 12.6. The summed E-state index contributed by atoms with van der Waals surface area (Å²) in [6, 6.07) is 19.2. The Morgan fingerprint density at radius 1 is 1.07 bits per heavy atom. The van der Waals surface area contributed by atoms with E-state index < -0.39 is 5.97 Å². The predicted molar refractivity (Wildman–Crippen MR) is 114 cm³/mol. The molecule has 2 aromatic heterocycles. The van der Waals surface area contributed by atoms with E-state index in [2.05, 4.69) is 27.4 Å². The number of hydrogen-bond donors (Lipinski definition) is 3. The van der Waals surface area contributed by atoms with Crippen molar-refractivity contribution in [3.8, 4) is 11.3 Å². The lowest BCUT2D eigenvalue weighted by Crippen LogP contribution is -2.14. The summed E-state index contributed by atoms with van der Waals surface area (Å²) >= 11 is 0. The van der Waals surface area contributed by atoms with E-state index in [9.17, 15) is 9.59 Å². The van der Waals surface area contributed by atoms with Crippen LogP contribution in [0.15, 0.2) is 71.7 Å². The Hall–Kier alpha value is -3.80. The Labute approximate surface area is 167 Å². The minimum absolute atomic E-state index is 0.186. The third kappa shape index (κ3) is 3.91. The molecule has 0 bridgehead atoms. The van der Waals surface area contributed by atoms with Gasteiger partial charge in [-0.05, 0) is 42.3 Å². The van der Waals surface area contributed by atoms with Crippen LogP contribution in [0.2, 0.25) is 0 Å². The predicted octanol–water partition coefficient (Wildman–Crippen LogP) is 3.96. The molecule has 6 heteroatoms. The first-order valence-electron chi connectivity index (χ1n) is 9.36. The standard InChI is InChI=1S/C23H21N3O3/c1-29-23(28)16-7-8-18-17(13-16)14-20(26-18)21-19(10-12-25-22(21)27)24-11-9-15-5-3-2-4-6-15/h2-8,10,12-14,26H,9,11H2,1H3,(H2,24,25,27). The van der Waals surface area contributed by atoms with Crippen molar-refractivity contribution in [1.29, 1.82) is 0 Å². The number of carbonyl (C=O) groups excluding carboxylic acids is 1. The largest absolute Gasteiger partial charge is 0.465 e. The normalized spacial score (nSPS) is 10.8. The monoisotopic (exact) mass is 387 g/mol. The number of benzene rings is 2. The van der Waals surface area contributed by atoms with E-state index in [1.807, 2.05) is 36.4 Å². The number of aromatic nitrogens is 2. The molecule has 4 aromatic rings. The molecule has 0 aliphatic rings. The van der Waals surface area contributed by atoms with Gasteiger partial charge in [-0.2, -0.15) is 0 Å². The summed E-state index contributed by atoms with van der Waals surface area (Å²) in [5.41, 5.74) is 4.33. The van der Waals surface area contributed by atoms with Crippen molar-refractivity contribution in [2.24, 2.45) is 0 Å². The van der Waals surface area contributed by atoms with Crippen molar-refractivity contribution >= 4 is 22.6 Å². The minimum atomic E-state index is -0.393. The first-order chi connectivity index (χ1) is 14.2. The van der Waals surface area contributed by atoms with E-state index in [0.717, 1.165) is 23.0 Å². The third-order valence-corrected chi connectivity index (χ3v) is 4.84. The molecule has 29 heavy (non-hydrogen) atoms. The molecule has 2 aromatic carbocycles. The van der Waals surface area contributed by atoms with Crippen LogP contribution in [0.5, 0.6) is 0 Å². The molecule has 146 valence electrons. The number of rotatable bonds is 6. The zero-order chi connectivity index (χ0) is 20.2. The van der Waals surface area contributed by atoms with Crippen molar-refractivity contribution < 1.29 is 9.53 Å². The average Bonchev–Trinajstić information content (AvgIpc) is 3.16. The number of esters is 1. The van der Waals surface area contributed by atoms with Crippen molar-refractivity contribution in [3.05, 3.63) is 88.3 Å². The van der Waals surface area contributed by atoms with Crippen molar-refractivity contribution in [2.75, 3.05) is 19.0 Å². The zero-order valence-electron chi connectivity index (χ0n) is 16.0. The zero-order valence-corrected chi connectivity index (χ0v) is 16.0. The maximum absolute atomic E-state index is 12.6. The smallest absolute Gasteiger partial charge is 0.337 e. The second kappa shape index (κ2) is 8.06. The van der Waals surface area contributed by atoms with Gasteiger partial charge in [0.2, 0.25) is 0 Å². The van der Waals surface area contributed by atoms with Crippen molar-refractivity contribution in [1.82, 2.24) is 9.97 Å². The second-order valence-electron chi connectivity index (χ2n) is 6.73. The molecule has 0 unspecified atom stereocenters. The molecule has 0 saturated carbocycles. The van der Waals surface area contributed by atoms with Crippen molar-refractivity contribution in [3.63, 3.8) is 0 Å². The first kappa shape index (κ1) is 18.6. The van der Waals surface area contributed by atoms with Crippen LogP contribution in [0.1, 0.15) is 15.9 Å². The van der Waals surface area contributed by atoms with Gasteiger partial charge in [0, 0.05) is 23.6 Å². The number of anilines is 1. The van der Waals surface area contributed by atoms with Gasteiger partial charge < -0.3 is 20.0 Å². The highest BCUT2D eigenvalue weighted by atomic mass is 16.5. The van der Waals surface area contributed by atoms with E-state index in [1.54, 1.807) is 18.3 Å². The van der Waals surface area contributed by atoms with Crippen LogP contribution in [-0.4, -0.2) is 29.6 Å². The highest BCUT2D eigenvalue weighted by Gasteiger charge is 2.14. The van der Waals surface area contributed by atoms with Gasteiger partial charge in [0.1, 0.15) is 0 Å². The summed E-state index contributed by atoms with van der Waals surface area (Å²) in [6.45, 7) is 0.702. The summed E-state index contributed by atoms with van der Waals surface area (Å²) in [4.78, 5) is 30.4. The number of ether oxygens (including phenoxy) is 1. The number of hydrogen-bond acceptors (Lipinski definition) is 4. The summed E-state index contributed by atoms with van der Waals surface area (Å²) in [6.07, 6.45) is 2.48. The molecule has 4 rings (SSSR count). The Balaban J connectivity index is 1.64. The molecular formula is C23H21N3O3. The third-order valence-electron chi connectivity index (χ3n) is 4.84. The fourth-order valence-electron chi connectivity index (χ4n) is 3.39. The lowest BCUT2D eigenvalue weighted by atomic mass is 10.1. The molecule has 3 N–H and O–H groups in total. The molecule has 0 spiro atoms. The fraction of sp³-hybridized carbons (Fsp3) is 0.130. The lowest BCUT2D eigenvalue weighted by molar-refractivity contribution is 0.0601. The average molecular weight is 387 g/mol. The number of fused-ring (bicyclic) bond motifs is 1.